The second-order valence-corrected chi connectivity index (χ2v) is 2.87. The molecule has 0 aliphatic carbocycles. The zero-order valence-corrected chi connectivity index (χ0v) is 7.80. The number of alkyl halides is 7. The molecule has 90 valence electrons. The first kappa shape index (κ1) is 14.3. The molecule has 0 aromatic carbocycles. The molecular weight excluding hydrogens is 252 g/mol. The fourth-order valence-electron chi connectivity index (χ4n) is 0.755. The van der Waals surface area contributed by atoms with E-state index < -0.39 is 30.7 Å². The van der Waals surface area contributed by atoms with Crippen molar-refractivity contribution in [2.24, 2.45) is 5.92 Å². The van der Waals surface area contributed by atoms with Crippen LogP contribution in [0, 0.1) is 5.92 Å². The van der Waals surface area contributed by atoms with Gasteiger partial charge in [-0.2, -0.15) is 26.3 Å². The molecule has 2 nitrogen and oxygen atoms in total. The Morgan fingerprint density at radius 1 is 1.13 bits per heavy atom. The third-order valence-corrected chi connectivity index (χ3v) is 1.50. The van der Waals surface area contributed by atoms with Crippen LogP contribution < -0.4 is 5.32 Å². The summed E-state index contributed by atoms with van der Waals surface area (Å²) in [6.45, 7) is -0.455. The van der Waals surface area contributed by atoms with E-state index in [4.69, 9.17) is 11.6 Å². The molecule has 1 amide bonds. The summed E-state index contributed by atoms with van der Waals surface area (Å²) in [4.78, 5) is 10.6. The summed E-state index contributed by atoms with van der Waals surface area (Å²) >= 11 is 5.00. The molecule has 9 heteroatoms. The summed E-state index contributed by atoms with van der Waals surface area (Å²) in [7, 11) is 0. The van der Waals surface area contributed by atoms with Crippen LogP contribution in [-0.4, -0.2) is 30.7 Å². The molecular formula is C6H6ClF6NO. The van der Waals surface area contributed by atoms with Gasteiger partial charge in [-0.1, -0.05) is 0 Å². The van der Waals surface area contributed by atoms with Gasteiger partial charge in [-0.25, -0.2) is 0 Å². The van der Waals surface area contributed by atoms with Crippen molar-refractivity contribution in [2.45, 2.75) is 12.4 Å². The highest BCUT2D eigenvalue weighted by Gasteiger charge is 2.60. The maximum Gasteiger partial charge on any atom is 0.409 e. The SMILES string of the molecule is O=C(NCCCl)C(C(F)(F)F)C(F)(F)F. The lowest BCUT2D eigenvalue weighted by molar-refractivity contribution is -0.274. The number of hydrogen-bond donors (Lipinski definition) is 1. The Bertz CT molecular complexity index is 211. The highest BCUT2D eigenvalue weighted by atomic mass is 35.5. The van der Waals surface area contributed by atoms with Crippen molar-refractivity contribution in [3.05, 3.63) is 0 Å². The minimum atomic E-state index is -5.66. The van der Waals surface area contributed by atoms with Crippen molar-refractivity contribution < 1.29 is 31.1 Å². The first-order valence-electron chi connectivity index (χ1n) is 3.57. The van der Waals surface area contributed by atoms with Gasteiger partial charge in [-0.3, -0.25) is 4.79 Å². The van der Waals surface area contributed by atoms with Crippen molar-refractivity contribution in [3.63, 3.8) is 0 Å². The van der Waals surface area contributed by atoms with E-state index in [2.05, 4.69) is 0 Å². The predicted molar refractivity (Wildman–Crippen MR) is 39.3 cm³/mol. The summed E-state index contributed by atoms with van der Waals surface area (Å²) in [6.07, 6.45) is -11.3. The third kappa shape index (κ3) is 4.59. The topological polar surface area (TPSA) is 29.1 Å². The van der Waals surface area contributed by atoms with Crippen LogP contribution in [0.2, 0.25) is 0 Å². The molecule has 0 aromatic heterocycles. The number of carbonyl (C=O) groups excluding carboxylic acids is 1. The lowest BCUT2D eigenvalue weighted by Gasteiger charge is -2.21. The molecule has 0 spiro atoms. The Morgan fingerprint density at radius 2 is 1.53 bits per heavy atom. The molecule has 0 unspecified atom stereocenters. The molecule has 15 heavy (non-hydrogen) atoms. The Hall–Kier alpha value is -0.660. The molecule has 0 aromatic rings. The number of amides is 1. The first-order valence-corrected chi connectivity index (χ1v) is 4.11. The lowest BCUT2D eigenvalue weighted by atomic mass is 10.1. The molecule has 0 rings (SSSR count). The molecule has 0 fully saturated rings. The number of rotatable bonds is 3. The Balaban J connectivity index is 4.74. The summed E-state index contributed by atoms with van der Waals surface area (Å²) in [5.41, 5.74) is 0. The van der Waals surface area contributed by atoms with E-state index in [0.717, 1.165) is 0 Å². The van der Waals surface area contributed by atoms with Crippen molar-refractivity contribution in [1.82, 2.24) is 5.32 Å². The fraction of sp³-hybridized carbons (Fsp3) is 0.833. The number of halogens is 7. The van der Waals surface area contributed by atoms with Gasteiger partial charge in [-0.05, 0) is 0 Å². The van der Waals surface area contributed by atoms with E-state index in [1.54, 1.807) is 0 Å². The fourth-order valence-corrected chi connectivity index (χ4v) is 0.850. The van der Waals surface area contributed by atoms with Crippen molar-refractivity contribution in [3.8, 4) is 0 Å². The zero-order valence-electron chi connectivity index (χ0n) is 7.05. The van der Waals surface area contributed by atoms with Gasteiger partial charge in [0.1, 0.15) is 0 Å². The molecule has 0 bridgehead atoms. The van der Waals surface area contributed by atoms with Gasteiger partial charge in [0.25, 0.3) is 0 Å². The van der Waals surface area contributed by atoms with Crippen LogP contribution >= 0.6 is 11.6 Å². The second-order valence-electron chi connectivity index (χ2n) is 2.50. The molecule has 0 radical (unpaired) electrons. The highest BCUT2D eigenvalue weighted by Crippen LogP contribution is 2.39. The average Bonchev–Trinajstić information content (AvgIpc) is 1.94. The van der Waals surface area contributed by atoms with Crippen LogP contribution in [0.5, 0.6) is 0 Å². The molecule has 0 saturated heterocycles. The van der Waals surface area contributed by atoms with Gasteiger partial charge in [0.2, 0.25) is 11.8 Å². The monoisotopic (exact) mass is 257 g/mol. The average molecular weight is 258 g/mol. The maximum atomic E-state index is 11.9. The van der Waals surface area contributed by atoms with E-state index >= 15 is 0 Å². The van der Waals surface area contributed by atoms with Crippen molar-refractivity contribution in [1.29, 1.82) is 0 Å². The van der Waals surface area contributed by atoms with Crippen molar-refractivity contribution in [2.75, 3.05) is 12.4 Å². The lowest BCUT2D eigenvalue weighted by Crippen LogP contribution is -2.48. The van der Waals surface area contributed by atoms with Gasteiger partial charge >= 0.3 is 12.4 Å². The molecule has 0 aliphatic heterocycles. The van der Waals surface area contributed by atoms with E-state index in [0.29, 0.717) is 0 Å². The van der Waals surface area contributed by atoms with Gasteiger partial charge in [-0.15, -0.1) is 11.6 Å². The molecule has 0 saturated carbocycles. The molecule has 0 atom stereocenters. The van der Waals surface area contributed by atoms with E-state index in [1.807, 2.05) is 0 Å². The van der Waals surface area contributed by atoms with E-state index in [9.17, 15) is 31.1 Å². The van der Waals surface area contributed by atoms with Gasteiger partial charge in [0.05, 0.1) is 0 Å². The number of hydrogen-bond acceptors (Lipinski definition) is 1. The molecule has 0 aliphatic rings. The molecule has 1 N–H and O–H groups in total. The normalized spacial score (nSPS) is 13.1. The predicted octanol–water partition coefficient (Wildman–Crippen LogP) is 2.08. The van der Waals surface area contributed by atoms with Crippen LogP contribution in [0.1, 0.15) is 0 Å². The smallest absolute Gasteiger partial charge is 0.354 e. The van der Waals surface area contributed by atoms with E-state index in [1.165, 1.54) is 5.32 Å². The van der Waals surface area contributed by atoms with Crippen LogP contribution in [0.15, 0.2) is 0 Å². The quantitative estimate of drug-likeness (QED) is 0.609. The zero-order chi connectivity index (χ0) is 12.3. The van der Waals surface area contributed by atoms with Crippen LogP contribution in [-0.2, 0) is 4.79 Å². The van der Waals surface area contributed by atoms with E-state index in [-0.39, 0.29) is 5.88 Å². The van der Waals surface area contributed by atoms with Crippen LogP contribution in [0.3, 0.4) is 0 Å². The number of nitrogens with one attached hydrogen (secondary N) is 1. The highest BCUT2D eigenvalue weighted by molar-refractivity contribution is 6.18. The number of carbonyl (C=O) groups is 1. The molecule has 0 heterocycles. The Labute approximate surface area is 85.6 Å². The minimum Gasteiger partial charge on any atom is -0.354 e. The van der Waals surface area contributed by atoms with Gasteiger partial charge in [0.15, 0.2) is 0 Å². The standard InChI is InChI=1S/C6H6ClF6NO/c7-1-2-14-4(15)3(5(8,9)10)6(11,12)13/h3H,1-2H2,(H,14,15). The van der Waals surface area contributed by atoms with Gasteiger partial charge in [0, 0.05) is 12.4 Å². The second kappa shape index (κ2) is 4.91. The summed E-state index contributed by atoms with van der Waals surface area (Å²) in [6, 6.07) is 0. The van der Waals surface area contributed by atoms with Crippen LogP contribution in [0.4, 0.5) is 26.3 Å². The Morgan fingerprint density at radius 3 is 1.80 bits per heavy atom. The maximum absolute atomic E-state index is 11.9. The summed E-state index contributed by atoms with van der Waals surface area (Å²) in [5, 5.41) is 1.43. The van der Waals surface area contributed by atoms with Crippen LogP contribution in [0.25, 0.3) is 0 Å². The summed E-state index contributed by atoms with van der Waals surface area (Å²) < 4.78 is 71.3. The van der Waals surface area contributed by atoms with Gasteiger partial charge < -0.3 is 5.32 Å². The third-order valence-electron chi connectivity index (χ3n) is 1.31. The minimum absolute atomic E-state index is 0.270. The largest absolute Gasteiger partial charge is 0.409 e. The van der Waals surface area contributed by atoms with Crippen molar-refractivity contribution >= 4 is 17.5 Å². The Kier molecular flexibility index (Phi) is 4.69. The first-order chi connectivity index (χ1) is 6.60. The summed E-state index contributed by atoms with van der Waals surface area (Å²) in [5.74, 6) is -6.42.